The Kier molecular flexibility index (Phi) is 6.78. The number of aromatic nitrogens is 4. The van der Waals surface area contributed by atoms with Gasteiger partial charge in [-0.3, -0.25) is 4.98 Å². The molecule has 0 radical (unpaired) electrons. The molecule has 3 aromatic rings. The largest absolute Gasteiger partial charge is 0.419 e. The summed E-state index contributed by atoms with van der Waals surface area (Å²) in [6, 6.07) is 4.29. The van der Waals surface area contributed by atoms with Crippen LogP contribution in [-0.4, -0.2) is 46.1 Å². The number of nitrogen functional groups attached to an aromatic ring is 1. The highest BCUT2D eigenvalue weighted by molar-refractivity contribution is 5.57. The molecule has 2 aliphatic heterocycles. The van der Waals surface area contributed by atoms with E-state index in [1.807, 2.05) is 4.90 Å². The Hall–Kier alpha value is -3.64. The first-order chi connectivity index (χ1) is 18.0. The number of rotatable bonds is 3. The lowest BCUT2D eigenvalue weighted by Gasteiger charge is -2.29. The Labute approximate surface area is 214 Å². The Morgan fingerprint density at radius 2 is 1.61 bits per heavy atom. The molecule has 0 saturated carbocycles. The normalized spacial score (nSPS) is 18.7. The lowest BCUT2D eigenvalue weighted by molar-refractivity contribution is -0.138. The van der Waals surface area contributed by atoms with Gasteiger partial charge in [0.2, 0.25) is 5.95 Å². The van der Waals surface area contributed by atoms with Crippen molar-refractivity contribution in [2.24, 2.45) is 0 Å². The molecule has 5 heterocycles. The predicted molar refractivity (Wildman–Crippen MR) is 129 cm³/mol. The zero-order valence-corrected chi connectivity index (χ0v) is 20.2. The summed E-state index contributed by atoms with van der Waals surface area (Å²) in [5, 5.41) is 0. The molecular formula is C25H25F6N7. The lowest BCUT2D eigenvalue weighted by atomic mass is 9.93. The molecule has 5 rings (SSSR count). The van der Waals surface area contributed by atoms with Crippen LogP contribution in [0.4, 0.5) is 43.9 Å². The molecule has 2 aliphatic rings. The first kappa shape index (κ1) is 26.0. The SMILES string of the molecule is Nc1nc(N2CCCCC2)nc2c1C(c1ccc(C(F)(F)F)cn1)CN(c1ncccc1C(F)(F)F)CC2. The van der Waals surface area contributed by atoms with Gasteiger partial charge in [-0.1, -0.05) is 0 Å². The third-order valence-corrected chi connectivity index (χ3v) is 6.91. The van der Waals surface area contributed by atoms with Gasteiger partial charge < -0.3 is 15.5 Å². The summed E-state index contributed by atoms with van der Waals surface area (Å²) in [7, 11) is 0. The predicted octanol–water partition coefficient (Wildman–Crippen LogP) is 5.07. The van der Waals surface area contributed by atoms with E-state index in [0.717, 1.165) is 44.5 Å². The molecule has 38 heavy (non-hydrogen) atoms. The van der Waals surface area contributed by atoms with E-state index in [2.05, 4.69) is 15.0 Å². The quantitative estimate of drug-likeness (QED) is 0.467. The fourth-order valence-corrected chi connectivity index (χ4v) is 5.05. The van der Waals surface area contributed by atoms with E-state index in [9.17, 15) is 26.3 Å². The second-order valence-corrected chi connectivity index (χ2v) is 9.41. The number of alkyl halides is 6. The molecular weight excluding hydrogens is 512 g/mol. The van der Waals surface area contributed by atoms with Crippen LogP contribution in [0.25, 0.3) is 0 Å². The van der Waals surface area contributed by atoms with Gasteiger partial charge in [0.25, 0.3) is 0 Å². The number of piperidine rings is 1. The molecule has 0 spiro atoms. The van der Waals surface area contributed by atoms with Crippen LogP contribution < -0.4 is 15.5 Å². The minimum absolute atomic E-state index is 0.0535. The maximum Gasteiger partial charge on any atom is 0.419 e. The average Bonchev–Trinajstić information content (AvgIpc) is 3.09. The summed E-state index contributed by atoms with van der Waals surface area (Å²) < 4.78 is 81.0. The van der Waals surface area contributed by atoms with E-state index in [0.29, 0.717) is 23.4 Å². The molecule has 0 amide bonds. The van der Waals surface area contributed by atoms with E-state index in [4.69, 9.17) is 10.7 Å². The van der Waals surface area contributed by atoms with E-state index in [1.54, 1.807) is 0 Å². The van der Waals surface area contributed by atoms with Crippen LogP contribution in [0.1, 0.15) is 53.3 Å². The fourth-order valence-electron chi connectivity index (χ4n) is 5.05. The number of nitrogens with two attached hydrogens (primary N) is 1. The van der Waals surface area contributed by atoms with Gasteiger partial charge in [0, 0.05) is 62.2 Å². The fraction of sp³-hybridized carbons (Fsp3) is 0.440. The van der Waals surface area contributed by atoms with Crippen molar-refractivity contribution in [1.82, 2.24) is 19.9 Å². The van der Waals surface area contributed by atoms with Gasteiger partial charge in [-0.05, 0) is 43.5 Å². The number of hydrogen-bond donors (Lipinski definition) is 1. The minimum atomic E-state index is -4.65. The van der Waals surface area contributed by atoms with Crippen molar-refractivity contribution >= 4 is 17.6 Å². The smallest absolute Gasteiger partial charge is 0.383 e. The van der Waals surface area contributed by atoms with E-state index >= 15 is 0 Å². The standard InChI is InChI=1S/C25H25F6N7/c26-24(27,28)15-6-7-18(34-13-15)16-14-38(22-17(25(29,30)31)5-4-9-33-22)12-8-19-20(16)21(32)36-23(35-19)37-10-2-1-3-11-37/h4-7,9,13,16H,1-3,8,10-12,14H2,(H2,32,35,36). The second-order valence-electron chi connectivity index (χ2n) is 9.41. The van der Waals surface area contributed by atoms with Gasteiger partial charge in [0.15, 0.2) is 0 Å². The average molecular weight is 538 g/mol. The molecule has 7 nitrogen and oxygen atoms in total. The van der Waals surface area contributed by atoms with Gasteiger partial charge in [0.1, 0.15) is 11.6 Å². The van der Waals surface area contributed by atoms with E-state index in [1.165, 1.54) is 23.2 Å². The van der Waals surface area contributed by atoms with Gasteiger partial charge >= 0.3 is 12.4 Å². The highest BCUT2D eigenvalue weighted by Gasteiger charge is 2.38. The highest BCUT2D eigenvalue weighted by atomic mass is 19.4. The van der Waals surface area contributed by atoms with Crippen molar-refractivity contribution < 1.29 is 26.3 Å². The maximum absolute atomic E-state index is 13.8. The van der Waals surface area contributed by atoms with Crippen LogP contribution in [-0.2, 0) is 18.8 Å². The topological polar surface area (TPSA) is 84.1 Å². The summed E-state index contributed by atoms with van der Waals surface area (Å²) in [5.74, 6) is -0.468. The summed E-state index contributed by atoms with van der Waals surface area (Å²) in [6.07, 6.45) is -3.95. The maximum atomic E-state index is 13.8. The number of pyridine rings is 2. The van der Waals surface area contributed by atoms with E-state index in [-0.39, 0.29) is 36.8 Å². The van der Waals surface area contributed by atoms with Crippen LogP contribution in [0.5, 0.6) is 0 Å². The monoisotopic (exact) mass is 537 g/mol. The van der Waals surface area contributed by atoms with E-state index < -0.39 is 29.4 Å². The summed E-state index contributed by atoms with van der Waals surface area (Å²) in [6.45, 7) is 1.61. The lowest BCUT2D eigenvalue weighted by Crippen LogP contribution is -2.32. The van der Waals surface area contributed by atoms with Gasteiger partial charge in [0.05, 0.1) is 16.8 Å². The number of nitrogens with zero attached hydrogens (tertiary/aromatic N) is 6. The van der Waals surface area contributed by atoms with Crippen molar-refractivity contribution in [2.45, 2.75) is 44.0 Å². The third kappa shape index (κ3) is 5.18. The Bertz CT molecular complexity index is 1290. The number of fused-ring (bicyclic) bond motifs is 1. The molecule has 1 saturated heterocycles. The number of halogens is 6. The molecule has 0 bridgehead atoms. The van der Waals surface area contributed by atoms with Crippen molar-refractivity contribution in [1.29, 1.82) is 0 Å². The Morgan fingerprint density at radius 3 is 2.26 bits per heavy atom. The summed E-state index contributed by atoms with van der Waals surface area (Å²) in [5.41, 5.74) is 5.82. The first-order valence-corrected chi connectivity index (χ1v) is 12.2. The van der Waals surface area contributed by atoms with Crippen LogP contribution in [0.2, 0.25) is 0 Å². The zero-order chi connectivity index (χ0) is 27.1. The Morgan fingerprint density at radius 1 is 0.842 bits per heavy atom. The van der Waals surface area contributed by atoms with Crippen molar-refractivity contribution in [3.05, 3.63) is 64.7 Å². The number of hydrogen-bond acceptors (Lipinski definition) is 7. The number of anilines is 3. The van der Waals surface area contributed by atoms with Crippen molar-refractivity contribution in [2.75, 3.05) is 41.7 Å². The van der Waals surface area contributed by atoms with Gasteiger partial charge in [-0.25, -0.2) is 9.97 Å². The Balaban J connectivity index is 1.60. The van der Waals surface area contributed by atoms with Gasteiger partial charge in [-0.15, -0.1) is 0 Å². The molecule has 0 aromatic carbocycles. The first-order valence-electron chi connectivity index (χ1n) is 12.2. The van der Waals surface area contributed by atoms with Crippen molar-refractivity contribution in [3.63, 3.8) is 0 Å². The zero-order valence-electron chi connectivity index (χ0n) is 20.2. The molecule has 3 aromatic heterocycles. The second kappa shape index (κ2) is 9.91. The third-order valence-electron chi connectivity index (χ3n) is 6.91. The molecule has 1 atom stereocenters. The van der Waals surface area contributed by atoms with Crippen LogP contribution in [0.3, 0.4) is 0 Å². The van der Waals surface area contributed by atoms with Crippen LogP contribution in [0.15, 0.2) is 36.7 Å². The minimum Gasteiger partial charge on any atom is -0.383 e. The summed E-state index contributed by atoms with van der Waals surface area (Å²) in [4.78, 5) is 20.8. The molecule has 0 aliphatic carbocycles. The molecule has 1 unspecified atom stereocenters. The molecule has 202 valence electrons. The van der Waals surface area contributed by atoms with Gasteiger partial charge in [-0.2, -0.15) is 31.3 Å². The van der Waals surface area contributed by atoms with Crippen LogP contribution >= 0.6 is 0 Å². The molecule has 13 heteroatoms. The molecule has 1 fully saturated rings. The summed E-state index contributed by atoms with van der Waals surface area (Å²) >= 11 is 0. The highest BCUT2D eigenvalue weighted by Crippen LogP contribution is 2.40. The molecule has 2 N–H and O–H groups in total. The van der Waals surface area contributed by atoms with Crippen LogP contribution in [0, 0.1) is 0 Å². The van der Waals surface area contributed by atoms with Crippen molar-refractivity contribution in [3.8, 4) is 0 Å².